The number of aryl methyl sites for hydroxylation is 2. The fourth-order valence-corrected chi connectivity index (χ4v) is 3.51. The van der Waals surface area contributed by atoms with Gasteiger partial charge in [-0.25, -0.2) is 4.98 Å². The van der Waals surface area contributed by atoms with Crippen molar-refractivity contribution in [3.63, 3.8) is 0 Å². The van der Waals surface area contributed by atoms with Crippen molar-refractivity contribution in [3.8, 4) is 6.07 Å². The second-order valence-corrected chi connectivity index (χ2v) is 6.30. The first-order valence-corrected chi connectivity index (χ1v) is 8.13. The maximum absolute atomic E-state index is 10.0. The molecule has 2 aliphatic rings. The Morgan fingerprint density at radius 3 is 2.86 bits per heavy atom. The van der Waals surface area contributed by atoms with Crippen molar-refractivity contribution in [2.24, 2.45) is 5.92 Å². The fourth-order valence-electron chi connectivity index (χ4n) is 3.51. The molecule has 2 aliphatic carbocycles. The van der Waals surface area contributed by atoms with E-state index in [4.69, 9.17) is 0 Å². The highest BCUT2D eigenvalue weighted by molar-refractivity contribution is 5.54. The van der Waals surface area contributed by atoms with Crippen LogP contribution in [0.15, 0.2) is 6.07 Å². The second-order valence-electron chi connectivity index (χ2n) is 6.30. The molecule has 4 nitrogen and oxygen atoms in total. The summed E-state index contributed by atoms with van der Waals surface area (Å²) in [6.45, 7) is 0.710. The fraction of sp³-hybridized carbons (Fsp3) is 0.647. The Kier molecular flexibility index (Phi) is 4.40. The lowest BCUT2D eigenvalue weighted by atomic mass is 9.86. The molecule has 3 rings (SSSR count). The van der Waals surface area contributed by atoms with Gasteiger partial charge < -0.3 is 10.4 Å². The van der Waals surface area contributed by atoms with Gasteiger partial charge >= 0.3 is 0 Å². The molecule has 1 saturated carbocycles. The van der Waals surface area contributed by atoms with E-state index in [-0.39, 0.29) is 12.0 Å². The molecule has 1 aromatic heterocycles. The van der Waals surface area contributed by atoms with Gasteiger partial charge in [0, 0.05) is 18.2 Å². The minimum Gasteiger partial charge on any atom is -0.393 e. The molecular formula is C17H23N3O. The zero-order valence-corrected chi connectivity index (χ0v) is 12.4. The molecule has 1 aromatic rings. The Morgan fingerprint density at radius 2 is 2.05 bits per heavy atom. The average Bonchev–Trinajstić information content (AvgIpc) is 2.53. The van der Waals surface area contributed by atoms with E-state index in [1.165, 1.54) is 24.8 Å². The predicted molar refractivity (Wildman–Crippen MR) is 82.0 cm³/mol. The summed E-state index contributed by atoms with van der Waals surface area (Å²) in [5, 5.41) is 22.7. The highest BCUT2D eigenvalue weighted by Crippen LogP contribution is 2.27. The minimum absolute atomic E-state index is 0.214. The Bertz CT molecular complexity index is 550. The van der Waals surface area contributed by atoms with E-state index in [1.54, 1.807) is 0 Å². The molecule has 112 valence electrons. The van der Waals surface area contributed by atoms with Crippen LogP contribution < -0.4 is 5.32 Å². The van der Waals surface area contributed by atoms with Crippen molar-refractivity contribution in [2.75, 3.05) is 11.9 Å². The second kappa shape index (κ2) is 6.44. The van der Waals surface area contributed by atoms with Gasteiger partial charge in [-0.1, -0.05) is 12.8 Å². The van der Waals surface area contributed by atoms with Crippen LogP contribution in [0.5, 0.6) is 0 Å². The minimum atomic E-state index is -0.214. The van der Waals surface area contributed by atoms with Crippen LogP contribution in [0.3, 0.4) is 0 Å². The quantitative estimate of drug-likeness (QED) is 0.896. The average molecular weight is 285 g/mol. The SMILES string of the molecule is N#Cc1cc2c(nc1NCC1CCCCC1O)CCCC2. The van der Waals surface area contributed by atoms with Gasteiger partial charge in [0.05, 0.1) is 11.7 Å². The largest absolute Gasteiger partial charge is 0.393 e. The molecule has 2 N–H and O–H groups in total. The van der Waals surface area contributed by atoms with Crippen LogP contribution in [0.4, 0.5) is 5.82 Å². The molecule has 0 spiro atoms. The van der Waals surface area contributed by atoms with Crippen LogP contribution in [-0.4, -0.2) is 22.7 Å². The van der Waals surface area contributed by atoms with Crippen LogP contribution in [0.2, 0.25) is 0 Å². The third kappa shape index (κ3) is 3.19. The summed E-state index contributed by atoms with van der Waals surface area (Å²) in [6, 6.07) is 4.26. The highest BCUT2D eigenvalue weighted by Gasteiger charge is 2.23. The maximum atomic E-state index is 10.0. The van der Waals surface area contributed by atoms with Crippen LogP contribution in [0.25, 0.3) is 0 Å². The highest BCUT2D eigenvalue weighted by atomic mass is 16.3. The summed E-state index contributed by atoms with van der Waals surface area (Å²) in [5.41, 5.74) is 3.02. The van der Waals surface area contributed by atoms with Crippen molar-refractivity contribution in [1.29, 1.82) is 5.26 Å². The Labute approximate surface area is 126 Å². The van der Waals surface area contributed by atoms with Crippen molar-refractivity contribution >= 4 is 5.82 Å². The summed E-state index contributed by atoms with van der Waals surface area (Å²) in [7, 11) is 0. The van der Waals surface area contributed by atoms with Crippen molar-refractivity contribution in [3.05, 3.63) is 22.9 Å². The Hall–Kier alpha value is -1.60. The normalized spacial score (nSPS) is 25.0. The number of hydrogen-bond donors (Lipinski definition) is 2. The first-order valence-electron chi connectivity index (χ1n) is 8.13. The van der Waals surface area contributed by atoms with Gasteiger partial charge in [0.25, 0.3) is 0 Å². The van der Waals surface area contributed by atoms with E-state index in [9.17, 15) is 10.4 Å². The number of pyridine rings is 1. The number of nitrogens with zero attached hydrogens (tertiary/aromatic N) is 2. The van der Waals surface area contributed by atoms with Crippen LogP contribution in [-0.2, 0) is 12.8 Å². The third-order valence-electron chi connectivity index (χ3n) is 4.82. The molecule has 4 heteroatoms. The van der Waals surface area contributed by atoms with E-state index >= 15 is 0 Å². The molecule has 0 aliphatic heterocycles. The first kappa shape index (κ1) is 14.3. The number of nitrogens with one attached hydrogen (secondary N) is 1. The lowest BCUT2D eigenvalue weighted by molar-refractivity contribution is 0.0763. The van der Waals surface area contributed by atoms with Gasteiger partial charge in [-0.05, 0) is 50.2 Å². The number of hydrogen-bond acceptors (Lipinski definition) is 4. The van der Waals surface area contributed by atoms with E-state index in [0.29, 0.717) is 17.9 Å². The van der Waals surface area contributed by atoms with Crippen LogP contribution in [0.1, 0.15) is 55.3 Å². The van der Waals surface area contributed by atoms with Gasteiger partial charge in [-0.3, -0.25) is 0 Å². The Morgan fingerprint density at radius 1 is 1.24 bits per heavy atom. The van der Waals surface area contributed by atoms with E-state index in [0.717, 1.165) is 37.8 Å². The summed E-state index contributed by atoms with van der Waals surface area (Å²) < 4.78 is 0. The molecule has 0 amide bonds. The third-order valence-corrected chi connectivity index (χ3v) is 4.82. The number of aromatic nitrogens is 1. The monoisotopic (exact) mass is 285 g/mol. The van der Waals surface area contributed by atoms with Gasteiger partial charge in [0.15, 0.2) is 0 Å². The lowest BCUT2D eigenvalue weighted by Crippen LogP contribution is -2.30. The predicted octanol–water partition coefficient (Wildman–Crippen LogP) is 2.80. The van der Waals surface area contributed by atoms with Crippen molar-refractivity contribution < 1.29 is 5.11 Å². The summed E-state index contributed by atoms with van der Waals surface area (Å²) in [4.78, 5) is 4.68. The van der Waals surface area contributed by atoms with E-state index < -0.39 is 0 Å². The number of aliphatic hydroxyl groups is 1. The number of fused-ring (bicyclic) bond motifs is 1. The van der Waals surface area contributed by atoms with Gasteiger partial charge in [-0.15, -0.1) is 0 Å². The molecule has 0 aromatic carbocycles. The van der Waals surface area contributed by atoms with Crippen molar-refractivity contribution in [1.82, 2.24) is 4.98 Å². The zero-order valence-electron chi connectivity index (χ0n) is 12.4. The molecule has 2 unspecified atom stereocenters. The summed E-state index contributed by atoms with van der Waals surface area (Å²) >= 11 is 0. The topological polar surface area (TPSA) is 68.9 Å². The lowest BCUT2D eigenvalue weighted by Gasteiger charge is -2.28. The zero-order chi connectivity index (χ0) is 14.7. The van der Waals surface area contributed by atoms with Gasteiger partial charge in [-0.2, -0.15) is 5.26 Å². The molecule has 0 bridgehead atoms. The molecule has 1 fully saturated rings. The van der Waals surface area contributed by atoms with E-state index in [1.807, 2.05) is 6.07 Å². The number of rotatable bonds is 3. The maximum Gasteiger partial charge on any atom is 0.144 e. The molecular weight excluding hydrogens is 262 g/mol. The first-order chi connectivity index (χ1) is 10.3. The van der Waals surface area contributed by atoms with Crippen molar-refractivity contribution in [2.45, 2.75) is 57.5 Å². The Balaban J connectivity index is 1.73. The molecule has 1 heterocycles. The van der Waals surface area contributed by atoms with Gasteiger partial charge in [0.2, 0.25) is 0 Å². The molecule has 0 saturated heterocycles. The molecule has 0 radical (unpaired) electrons. The molecule has 2 atom stereocenters. The van der Waals surface area contributed by atoms with E-state index in [2.05, 4.69) is 16.4 Å². The van der Waals surface area contributed by atoms with Crippen LogP contribution >= 0.6 is 0 Å². The number of aliphatic hydroxyl groups excluding tert-OH is 1. The van der Waals surface area contributed by atoms with Crippen LogP contribution in [0, 0.1) is 17.2 Å². The standard InChI is InChI=1S/C17H23N3O/c18-10-14-9-12-5-1-3-7-15(12)20-17(14)19-11-13-6-2-4-8-16(13)21/h9,13,16,21H,1-8,11H2,(H,19,20). The number of nitriles is 1. The number of anilines is 1. The summed E-state index contributed by atoms with van der Waals surface area (Å²) in [5.74, 6) is 0.985. The summed E-state index contributed by atoms with van der Waals surface area (Å²) in [6.07, 6.45) is 8.49. The molecule has 21 heavy (non-hydrogen) atoms. The van der Waals surface area contributed by atoms with Gasteiger partial charge in [0.1, 0.15) is 11.9 Å². The smallest absolute Gasteiger partial charge is 0.144 e.